The first-order valence-corrected chi connectivity index (χ1v) is 8.17. The molecule has 2 fully saturated rings. The van der Waals surface area contributed by atoms with Crippen LogP contribution in [0.4, 0.5) is 0 Å². The molecule has 2 aliphatic rings. The number of halogens is 1. The Balaban J connectivity index is 1.86. The van der Waals surface area contributed by atoms with Crippen molar-refractivity contribution in [3.8, 4) is 5.75 Å². The predicted molar refractivity (Wildman–Crippen MR) is 83.4 cm³/mol. The predicted octanol–water partition coefficient (Wildman–Crippen LogP) is 4.44. The van der Waals surface area contributed by atoms with E-state index >= 15 is 0 Å². The molecule has 1 N–H and O–H groups in total. The molecule has 1 aromatic carbocycles. The van der Waals surface area contributed by atoms with Gasteiger partial charge in [0, 0.05) is 6.04 Å². The Hall–Kier alpha value is -0.730. The highest BCUT2D eigenvalue weighted by atomic mass is 35.5. The smallest absolute Gasteiger partial charge is 0.137 e. The third-order valence-electron chi connectivity index (χ3n) is 5.18. The fraction of sp³-hybridized carbons (Fsp3) is 0.647. The molecule has 3 rings (SSSR count). The minimum absolute atomic E-state index is 0.446. The topological polar surface area (TPSA) is 21.3 Å². The van der Waals surface area contributed by atoms with Gasteiger partial charge in [-0.25, -0.2) is 0 Å². The van der Waals surface area contributed by atoms with Gasteiger partial charge in [0.2, 0.25) is 0 Å². The van der Waals surface area contributed by atoms with Gasteiger partial charge >= 0.3 is 0 Å². The molecule has 0 saturated heterocycles. The average molecular weight is 294 g/mol. The van der Waals surface area contributed by atoms with Crippen LogP contribution in [0.2, 0.25) is 5.02 Å². The lowest BCUT2D eigenvalue weighted by Crippen LogP contribution is -2.31. The second-order valence-electron chi connectivity index (χ2n) is 6.27. The van der Waals surface area contributed by atoms with E-state index in [1.54, 1.807) is 7.11 Å². The molecule has 2 saturated carbocycles. The highest BCUT2D eigenvalue weighted by Crippen LogP contribution is 2.52. The summed E-state index contributed by atoms with van der Waals surface area (Å²) in [5, 5.41) is 4.39. The lowest BCUT2D eigenvalue weighted by atomic mass is 9.80. The number of benzene rings is 1. The van der Waals surface area contributed by atoms with Gasteiger partial charge in [-0.05, 0) is 61.3 Å². The van der Waals surface area contributed by atoms with Gasteiger partial charge in [0.15, 0.2) is 0 Å². The maximum Gasteiger partial charge on any atom is 0.137 e. The summed E-state index contributed by atoms with van der Waals surface area (Å²) in [6.45, 7) is 3.19. The summed E-state index contributed by atoms with van der Waals surface area (Å²) in [5.74, 6) is 3.45. The molecule has 0 aliphatic heterocycles. The molecule has 0 heterocycles. The number of methoxy groups -OCH3 is 1. The van der Waals surface area contributed by atoms with Crippen molar-refractivity contribution >= 4 is 11.6 Å². The van der Waals surface area contributed by atoms with Crippen LogP contribution in [0.25, 0.3) is 0 Å². The molecule has 0 aromatic heterocycles. The fourth-order valence-electron chi connectivity index (χ4n) is 4.31. The molecule has 0 amide bonds. The molecule has 2 bridgehead atoms. The zero-order chi connectivity index (χ0) is 14.1. The molecule has 20 heavy (non-hydrogen) atoms. The first-order chi connectivity index (χ1) is 9.72. The maximum atomic E-state index is 6.16. The Bertz CT molecular complexity index is 476. The van der Waals surface area contributed by atoms with E-state index in [-0.39, 0.29) is 0 Å². The van der Waals surface area contributed by atoms with Crippen molar-refractivity contribution in [3.05, 3.63) is 28.8 Å². The van der Waals surface area contributed by atoms with Crippen molar-refractivity contribution in [1.29, 1.82) is 0 Å². The average Bonchev–Trinajstić information content (AvgIpc) is 3.08. The highest BCUT2D eigenvalue weighted by Gasteiger charge is 2.43. The summed E-state index contributed by atoms with van der Waals surface area (Å²) in [4.78, 5) is 0. The molecule has 0 radical (unpaired) electrons. The van der Waals surface area contributed by atoms with Crippen LogP contribution in [0.1, 0.15) is 44.2 Å². The maximum absolute atomic E-state index is 6.16. The normalized spacial score (nSPS) is 29.6. The number of rotatable bonds is 5. The Kier molecular flexibility index (Phi) is 4.23. The van der Waals surface area contributed by atoms with E-state index in [0.29, 0.717) is 11.1 Å². The van der Waals surface area contributed by atoms with Crippen LogP contribution >= 0.6 is 11.6 Å². The van der Waals surface area contributed by atoms with Crippen molar-refractivity contribution in [2.24, 2.45) is 17.8 Å². The summed E-state index contributed by atoms with van der Waals surface area (Å²) in [7, 11) is 1.69. The number of fused-ring (bicyclic) bond motifs is 2. The van der Waals surface area contributed by atoms with Gasteiger partial charge in [0.05, 0.1) is 12.1 Å². The van der Waals surface area contributed by atoms with Crippen LogP contribution < -0.4 is 10.1 Å². The highest BCUT2D eigenvalue weighted by molar-refractivity contribution is 6.32. The van der Waals surface area contributed by atoms with Gasteiger partial charge in [-0.15, -0.1) is 0 Å². The molecule has 110 valence electrons. The number of ether oxygens (including phenoxy) is 1. The Morgan fingerprint density at radius 3 is 2.80 bits per heavy atom. The van der Waals surface area contributed by atoms with E-state index in [0.717, 1.165) is 30.0 Å². The summed E-state index contributed by atoms with van der Waals surface area (Å²) < 4.78 is 5.38. The molecular weight excluding hydrogens is 270 g/mol. The van der Waals surface area contributed by atoms with E-state index in [2.05, 4.69) is 24.4 Å². The van der Waals surface area contributed by atoms with Gasteiger partial charge < -0.3 is 10.1 Å². The standard InChI is InChI=1S/C17H24ClNO/c1-3-19-17(14-9-11-4-5-12(14)8-11)13-6-7-15(18)16(10-13)20-2/h6-7,10-12,14,17,19H,3-5,8-9H2,1-2H3. The molecule has 3 heteroatoms. The van der Waals surface area contributed by atoms with Gasteiger partial charge in [-0.3, -0.25) is 0 Å². The Morgan fingerprint density at radius 1 is 1.35 bits per heavy atom. The van der Waals surface area contributed by atoms with E-state index < -0.39 is 0 Å². The molecule has 2 aliphatic carbocycles. The zero-order valence-electron chi connectivity index (χ0n) is 12.4. The second-order valence-corrected chi connectivity index (χ2v) is 6.68. The summed E-state index contributed by atoms with van der Waals surface area (Å²) >= 11 is 6.16. The van der Waals surface area contributed by atoms with Crippen molar-refractivity contribution in [3.63, 3.8) is 0 Å². The van der Waals surface area contributed by atoms with Crippen LogP contribution in [0, 0.1) is 17.8 Å². The third kappa shape index (κ3) is 2.56. The minimum Gasteiger partial charge on any atom is -0.495 e. The molecule has 4 atom stereocenters. The van der Waals surface area contributed by atoms with Crippen molar-refractivity contribution in [2.45, 2.75) is 38.6 Å². The van der Waals surface area contributed by atoms with Crippen LogP contribution in [-0.4, -0.2) is 13.7 Å². The monoisotopic (exact) mass is 293 g/mol. The minimum atomic E-state index is 0.446. The van der Waals surface area contributed by atoms with Crippen molar-refractivity contribution < 1.29 is 4.74 Å². The summed E-state index contributed by atoms with van der Waals surface area (Å²) in [5.41, 5.74) is 1.32. The van der Waals surface area contributed by atoms with Crippen LogP contribution in [0.15, 0.2) is 18.2 Å². The van der Waals surface area contributed by atoms with Gasteiger partial charge in [-0.2, -0.15) is 0 Å². The SMILES string of the molecule is CCNC(c1ccc(Cl)c(OC)c1)C1CC2CCC1C2. The van der Waals surface area contributed by atoms with Crippen LogP contribution in [0.3, 0.4) is 0 Å². The molecule has 1 aromatic rings. The summed E-state index contributed by atoms with van der Waals surface area (Å²) in [6, 6.07) is 6.68. The largest absolute Gasteiger partial charge is 0.495 e. The van der Waals surface area contributed by atoms with Crippen molar-refractivity contribution in [2.75, 3.05) is 13.7 Å². The fourth-order valence-corrected chi connectivity index (χ4v) is 4.50. The molecule has 2 nitrogen and oxygen atoms in total. The van der Waals surface area contributed by atoms with E-state index in [9.17, 15) is 0 Å². The molecular formula is C17H24ClNO. The van der Waals surface area contributed by atoms with Gasteiger partial charge in [-0.1, -0.05) is 31.0 Å². The molecule has 0 spiro atoms. The first kappa shape index (κ1) is 14.2. The quantitative estimate of drug-likeness (QED) is 0.867. The number of hydrogen-bond donors (Lipinski definition) is 1. The zero-order valence-corrected chi connectivity index (χ0v) is 13.1. The van der Waals surface area contributed by atoms with Crippen LogP contribution in [0.5, 0.6) is 5.75 Å². The van der Waals surface area contributed by atoms with Crippen LogP contribution in [-0.2, 0) is 0 Å². The second kappa shape index (κ2) is 5.95. The van der Waals surface area contributed by atoms with E-state index in [4.69, 9.17) is 16.3 Å². The lowest BCUT2D eigenvalue weighted by molar-refractivity contribution is 0.252. The Labute approximate surface area is 126 Å². The summed E-state index contributed by atoms with van der Waals surface area (Å²) in [6.07, 6.45) is 5.69. The number of hydrogen-bond acceptors (Lipinski definition) is 2. The van der Waals surface area contributed by atoms with E-state index in [1.165, 1.54) is 31.2 Å². The number of nitrogens with one attached hydrogen (secondary N) is 1. The Morgan fingerprint density at radius 2 is 2.20 bits per heavy atom. The van der Waals surface area contributed by atoms with Crippen molar-refractivity contribution in [1.82, 2.24) is 5.32 Å². The molecule has 4 unspecified atom stereocenters. The first-order valence-electron chi connectivity index (χ1n) is 7.79. The third-order valence-corrected chi connectivity index (χ3v) is 5.49. The lowest BCUT2D eigenvalue weighted by Gasteiger charge is -2.31. The van der Waals surface area contributed by atoms with E-state index in [1.807, 2.05) is 6.07 Å². The van der Waals surface area contributed by atoms with Gasteiger partial charge in [0.25, 0.3) is 0 Å². The van der Waals surface area contributed by atoms with Gasteiger partial charge in [0.1, 0.15) is 5.75 Å².